The van der Waals surface area contributed by atoms with Gasteiger partial charge in [-0.05, 0) is 136 Å². The van der Waals surface area contributed by atoms with Crippen molar-refractivity contribution >= 4 is 11.8 Å². The third kappa shape index (κ3) is 2.92. The monoisotopic (exact) mass is 476 g/mol. The molecule has 190 valence electrons. The predicted molar refractivity (Wildman–Crippen MR) is 136 cm³/mol. The lowest BCUT2D eigenvalue weighted by Crippen LogP contribution is -2.51. The van der Waals surface area contributed by atoms with Crippen molar-refractivity contribution in [2.75, 3.05) is 13.2 Å². The number of hydrogen-bond acceptors (Lipinski definition) is 4. The molecular weight excluding hydrogens is 432 g/mol. The first-order valence-corrected chi connectivity index (χ1v) is 15.5. The molecule has 0 aromatic carbocycles. The molecule has 2 atom stereocenters. The molecule has 11 aliphatic rings. The van der Waals surface area contributed by atoms with E-state index in [9.17, 15) is 0 Å². The maximum Gasteiger partial charge on any atom is 0.199 e. The Balaban J connectivity index is 1.02. The highest BCUT2D eigenvalue weighted by Crippen LogP contribution is 2.64. The maximum atomic E-state index is 6.63. The largest absolute Gasteiger partial charge is 0.478 e. The van der Waals surface area contributed by atoms with Crippen LogP contribution in [0.3, 0.4) is 0 Å². The van der Waals surface area contributed by atoms with Crippen LogP contribution in [0.5, 0.6) is 0 Å². The number of hydrogen-bond donors (Lipinski definition) is 0. The normalized spacial score (nSPS) is 54.6. The van der Waals surface area contributed by atoms with E-state index in [1.165, 1.54) is 89.9 Å². The molecule has 2 aliphatic heterocycles. The summed E-state index contributed by atoms with van der Waals surface area (Å²) >= 11 is 0. The molecule has 0 aromatic rings. The Labute approximate surface area is 211 Å². The molecule has 0 spiro atoms. The first-order valence-electron chi connectivity index (χ1n) is 15.5. The zero-order chi connectivity index (χ0) is 22.8. The molecular formula is C31H44N2O2. The number of ether oxygens (including phenoxy) is 2. The van der Waals surface area contributed by atoms with Crippen LogP contribution in [0.15, 0.2) is 9.98 Å². The van der Waals surface area contributed by atoms with Crippen molar-refractivity contribution in [2.24, 2.45) is 61.7 Å². The lowest BCUT2D eigenvalue weighted by molar-refractivity contribution is -0.0692. The van der Waals surface area contributed by atoms with Crippen molar-refractivity contribution in [3.63, 3.8) is 0 Å². The fraction of sp³-hybridized carbons (Fsp3) is 0.935. The van der Waals surface area contributed by atoms with E-state index >= 15 is 0 Å². The van der Waals surface area contributed by atoms with Gasteiger partial charge in [-0.25, -0.2) is 9.98 Å². The van der Waals surface area contributed by atoms with Crippen molar-refractivity contribution in [3.05, 3.63) is 0 Å². The lowest BCUT2D eigenvalue weighted by Gasteiger charge is -2.58. The predicted octanol–water partition coefficient (Wildman–Crippen LogP) is 6.57. The Bertz CT molecular complexity index is 832. The fourth-order valence-corrected chi connectivity index (χ4v) is 12.6. The fourth-order valence-electron chi connectivity index (χ4n) is 12.6. The summed E-state index contributed by atoms with van der Waals surface area (Å²) in [5, 5.41) is 0. The third-order valence-electron chi connectivity index (χ3n) is 13.2. The minimum absolute atomic E-state index is 0.145. The van der Waals surface area contributed by atoms with E-state index in [2.05, 4.69) is 0 Å². The topological polar surface area (TPSA) is 43.2 Å². The van der Waals surface area contributed by atoms with Gasteiger partial charge in [-0.1, -0.05) is 12.8 Å². The Morgan fingerprint density at radius 1 is 0.514 bits per heavy atom. The second-order valence-corrected chi connectivity index (χ2v) is 15.4. The minimum Gasteiger partial charge on any atom is -0.478 e. The quantitative estimate of drug-likeness (QED) is 0.460. The lowest BCUT2D eigenvalue weighted by atomic mass is 9.48. The van der Waals surface area contributed by atoms with Gasteiger partial charge in [-0.3, -0.25) is 0 Å². The number of rotatable bonds is 4. The highest BCUT2D eigenvalue weighted by Gasteiger charge is 2.60. The molecule has 0 radical (unpaired) electrons. The van der Waals surface area contributed by atoms with Crippen molar-refractivity contribution in [1.82, 2.24) is 0 Å². The smallest absolute Gasteiger partial charge is 0.199 e. The van der Waals surface area contributed by atoms with E-state index < -0.39 is 0 Å². The molecule has 9 fully saturated rings. The number of aliphatic imine (C=N–C) groups is 2. The molecule has 0 amide bonds. The van der Waals surface area contributed by atoms with Gasteiger partial charge in [-0.15, -0.1) is 0 Å². The highest BCUT2D eigenvalue weighted by molar-refractivity contribution is 6.06. The summed E-state index contributed by atoms with van der Waals surface area (Å²) in [6.07, 6.45) is 22.3. The zero-order valence-corrected chi connectivity index (χ0v) is 21.6. The van der Waals surface area contributed by atoms with Crippen molar-refractivity contribution in [2.45, 2.75) is 115 Å². The molecule has 4 heteroatoms. The zero-order valence-electron chi connectivity index (χ0n) is 21.6. The van der Waals surface area contributed by atoms with Crippen molar-refractivity contribution in [3.8, 4) is 0 Å². The van der Waals surface area contributed by atoms with Crippen LogP contribution in [-0.2, 0) is 9.47 Å². The van der Waals surface area contributed by atoms with Crippen LogP contribution in [0.1, 0.15) is 103 Å². The van der Waals surface area contributed by atoms with Gasteiger partial charge in [0.05, 0.1) is 12.1 Å². The summed E-state index contributed by atoms with van der Waals surface area (Å²) in [5.74, 6) is 7.94. The van der Waals surface area contributed by atoms with Gasteiger partial charge in [0, 0.05) is 0 Å². The van der Waals surface area contributed by atoms with Crippen LogP contribution in [-0.4, -0.2) is 37.1 Å². The standard InChI is InChI=1S/C31H44N2O2/c1-2-4-31(3-1,27-32-25(17-34-27)29-11-19-5-20(12-29)7-21(6-19)13-29)28-33-26(18-35-28)30-14-22-8-23(15-30)10-24(9-22)16-30/h19-26H,1-18H2. The summed E-state index contributed by atoms with van der Waals surface area (Å²) < 4.78 is 13.3. The van der Waals surface area contributed by atoms with Crippen LogP contribution >= 0.6 is 0 Å². The van der Waals surface area contributed by atoms with E-state index in [4.69, 9.17) is 19.5 Å². The molecule has 0 aromatic heterocycles. The molecule has 2 unspecified atom stereocenters. The van der Waals surface area contributed by atoms with Gasteiger partial charge in [0.2, 0.25) is 0 Å². The van der Waals surface area contributed by atoms with Crippen LogP contribution < -0.4 is 0 Å². The van der Waals surface area contributed by atoms with E-state index in [1.54, 1.807) is 0 Å². The van der Waals surface area contributed by atoms with E-state index in [0.717, 1.165) is 73.4 Å². The van der Waals surface area contributed by atoms with Gasteiger partial charge in [0.1, 0.15) is 18.6 Å². The van der Waals surface area contributed by atoms with Gasteiger partial charge in [-0.2, -0.15) is 0 Å². The van der Waals surface area contributed by atoms with Crippen LogP contribution in [0.4, 0.5) is 0 Å². The number of nitrogens with zero attached hydrogens (tertiary/aromatic N) is 2. The SMILES string of the molecule is C1CCC(C2=NC(C34CC5CC(CC(C5)C3)C4)CO2)(C2=NC(C34CC5CC(CC(C5)C3)C4)CO2)C1. The first kappa shape index (κ1) is 20.9. The van der Waals surface area contributed by atoms with Gasteiger partial charge < -0.3 is 9.47 Å². The maximum absolute atomic E-state index is 6.63. The van der Waals surface area contributed by atoms with Gasteiger partial charge in [0.15, 0.2) is 11.8 Å². The average molecular weight is 477 g/mol. The van der Waals surface area contributed by atoms with Gasteiger partial charge in [0.25, 0.3) is 0 Å². The molecule has 4 nitrogen and oxygen atoms in total. The van der Waals surface area contributed by atoms with Crippen molar-refractivity contribution < 1.29 is 9.47 Å². The van der Waals surface area contributed by atoms with E-state index in [0.29, 0.717) is 22.9 Å². The summed E-state index contributed by atoms with van der Waals surface area (Å²) in [6.45, 7) is 1.66. The second kappa shape index (κ2) is 7.07. The average Bonchev–Trinajstić information content (AvgIpc) is 3.58. The highest BCUT2D eigenvalue weighted by atomic mass is 16.5. The molecule has 2 heterocycles. The Morgan fingerprint density at radius 2 is 0.857 bits per heavy atom. The van der Waals surface area contributed by atoms with E-state index in [-0.39, 0.29) is 5.41 Å². The third-order valence-corrected chi connectivity index (χ3v) is 13.2. The molecule has 0 N–H and O–H groups in total. The van der Waals surface area contributed by atoms with E-state index in [1.807, 2.05) is 0 Å². The molecule has 0 saturated heterocycles. The summed E-state index contributed by atoms with van der Waals surface area (Å²) in [6, 6.07) is 0.786. The minimum atomic E-state index is -0.145. The second-order valence-electron chi connectivity index (χ2n) is 15.4. The molecule has 9 aliphatic carbocycles. The first-order chi connectivity index (χ1) is 17.1. The molecule has 11 rings (SSSR count). The summed E-state index contributed by atoms with van der Waals surface area (Å²) in [5.41, 5.74) is 0.737. The molecule has 9 saturated carbocycles. The molecule has 35 heavy (non-hydrogen) atoms. The summed E-state index contributed by atoms with van der Waals surface area (Å²) in [7, 11) is 0. The van der Waals surface area contributed by atoms with Crippen LogP contribution in [0.2, 0.25) is 0 Å². The summed E-state index contributed by atoms with van der Waals surface area (Å²) in [4.78, 5) is 11.1. The molecule has 8 bridgehead atoms. The Hall–Kier alpha value is -1.06. The Kier molecular flexibility index (Phi) is 4.23. The van der Waals surface area contributed by atoms with Crippen LogP contribution in [0.25, 0.3) is 0 Å². The van der Waals surface area contributed by atoms with Gasteiger partial charge >= 0.3 is 0 Å². The van der Waals surface area contributed by atoms with Crippen LogP contribution in [0, 0.1) is 51.8 Å². The van der Waals surface area contributed by atoms with Crippen molar-refractivity contribution in [1.29, 1.82) is 0 Å². The Morgan fingerprint density at radius 3 is 1.20 bits per heavy atom.